The van der Waals surface area contributed by atoms with Crippen LogP contribution < -0.4 is 15.5 Å². The zero-order valence-corrected chi connectivity index (χ0v) is 20.2. The number of anilines is 3. The van der Waals surface area contributed by atoms with Gasteiger partial charge in [0.1, 0.15) is 10.7 Å². The summed E-state index contributed by atoms with van der Waals surface area (Å²) in [7, 11) is 0. The van der Waals surface area contributed by atoms with Crippen molar-refractivity contribution in [2.24, 2.45) is 0 Å². The summed E-state index contributed by atoms with van der Waals surface area (Å²) in [5, 5.41) is 6.00. The molecule has 6 nitrogen and oxygen atoms in total. The number of nitrogens with one attached hydrogen (secondary N) is 2. The number of hydrogen-bond donors (Lipinski definition) is 2. The van der Waals surface area contributed by atoms with Crippen molar-refractivity contribution in [3.05, 3.63) is 98.7 Å². The van der Waals surface area contributed by atoms with Gasteiger partial charge in [-0.15, -0.1) is 0 Å². The molecule has 2 N–H and O–H groups in total. The number of carbonyl (C=O) groups is 3. The number of amides is 3. The molecule has 3 amide bonds. The summed E-state index contributed by atoms with van der Waals surface area (Å²) in [6, 6.07) is 17.2. The van der Waals surface area contributed by atoms with E-state index in [2.05, 4.69) is 10.6 Å². The van der Waals surface area contributed by atoms with Crippen molar-refractivity contribution < 1.29 is 14.4 Å². The number of benzene rings is 3. The largest absolute Gasteiger partial charge is 0.350 e. The Hall–Kier alpha value is -3.61. The van der Waals surface area contributed by atoms with Gasteiger partial charge < -0.3 is 10.6 Å². The standard InChI is InChI=1S/C26H21Cl2N3O3/c1-14-7-4-11-20(15(14)2)30-24(32)17-8-5-9-18(13-17)29-23-22(28)25(33)31(26(23)34)21-12-6-10-19(27)16(21)3/h4-13,29H,1-3H3,(H,30,32). The Balaban J connectivity index is 1.57. The van der Waals surface area contributed by atoms with Crippen LogP contribution in [-0.2, 0) is 9.59 Å². The van der Waals surface area contributed by atoms with Crippen LogP contribution in [0.3, 0.4) is 0 Å². The number of carbonyl (C=O) groups excluding carboxylic acids is 3. The van der Waals surface area contributed by atoms with Gasteiger partial charge >= 0.3 is 0 Å². The van der Waals surface area contributed by atoms with Crippen LogP contribution in [0.4, 0.5) is 17.1 Å². The SMILES string of the molecule is Cc1cccc(NC(=O)c2cccc(NC3=C(Cl)C(=O)N(c4cccc(Cl)c4C)C3=O)c2)c1C. The highest BCUT2D eigenvalue weighted by atomic mass is 35.5. The maximum Gasteiger partial charge on any atom is 0.283 e. The molecule has 1 aliphatic heterocycles. The van der Waals surface area contributed by atoms with Gasteiger partial charge in [-0.3, -0.25) is 14.4 Å². The van der Waals surface area contributed by atoms with Gasteiger partial charge in [0.15, 0.2) is 0 Å². The molecule has 8 heteroatoms. The Morgan fingerprint density at radius 2 is 1.56 bits per heavy atom. The number of nitrogens with zero attached hydrogens (tertiary/aromatic N) is 1. The van der Waals surface area contributed by atoms with Gasteiger partial charge in [0.2, 0.25) is 0 Å². The molecule has 172 valence electrons. The highest BCUT2D eigenvalue weighted by molar-refractivity contribution is 6.53. The van der Waals surface area contributed by atoms with Crippen LogP contribution in [0, 0.1) is 20.8 Å². The minimum absolute atomic E-state index is 0.0712. The molecule has 0 saturated heterocycles. The van der Waals surface area contributed by atoms with E-state index in [-0.39, 0.29) is 16.6 Å². The highest BCUT2D eigenvalue weighted by Crippen LogP contribution is 2.34. The van der Waals surface area contributed by atoms with Crippen molar-refractivity contribution in [3.63, 3.8) is 0 Å². The van der Waals surface area contributed by atoms with Crippen molar-refractivity contribution >= 4 is 58.0 Å². The Morgan fingerprint density at radius 3 is 2.32 bits per heavy atom. The molecule has 1 heterocycles. The van der Waals surface area contributed by atoms with Gasteiger partial charge in [0, 0.05) is 22.0 Å². The zero-order chi connectivity index (χ0) is 24.6. The summed E-state index contributed by atoms with van der Waals surface area (Å²) in [6.07, 6.45) is 0. The lowest BCUT2D eigenvalue weighted by atomic mass is 10.1. The second-order valence-electron chi connectivity index (χ2n) is 7.93. The predicted octanol–water partition coefficient (Wildman–Crippen LogP) is 5.95. The number of aryl methyl sites for hydroxylation is 1. The molecule has 0 fully saturated rings. The van der Waals surface area contributed by atoms with Gasteiger partial charge in [-0.25, -0.2) is 4.90 Å². The minimum Gasteiger partial charge on any atom is -0.350 e. The molecule has 0 radical (unpaired) electrons. The molecule has 3 aromatic rings. The molecule has 1 aliphatic rings. The van der Waals surface area contributed by atoms with E-state index < -0.39 is 11.8 Å². The third-order valence-electron chi connectivity index (χ3n) is 5.75. The van der Waals surface area contributed by atoms with Crippen molar-refractivity contribution in [1.82, 2.24) is 0 Å². The van der Waals surface area contributed by atoms with Crippen molar-refractivity contribution in [1.29, 1.82) is 0 Å². The summed E-state index contributed by atoms with van der Waals surface area (Å²) >= 11 is 12.4. The molecule has 0 unspecified atom stereocenters. The van der Waals surface area contributed by atoms with E-state index >= 15 is 0 Å². The second-order valence-corrected chi connectivity index (χ2v) is 8.71. The first-order chi connectivity index (χ1) is 16.2. The first kappa shape index (κ1) is 23.5. The minimum atomic E-state index is -0.650. The summed E-state index contributed by atoms with van der Waals surface area (Å²) in [4.78, 5) is 39.7. The lowest BCUT2D eigenvalue weighted by Crippen LogP contribution is -2.32. The second kappa shape index (κ2) is 9.33. The van der Waals surface area contributed by atoms with Gasteiger partial charge in [-0.2, -0.15) is 0 Å². The highest BCUT2D eigenvalue weighted by Gasteiger charge is 2.39. The lowest BCUT2D eigenvalue weighted by Gasteiger charge is -2.18. The summed E-state index contributed by atoms with van der Waals surface area (Å²) in [5.74, 6) is -1.56. The van der Waals surface area contributed by atoms with Crippen LogP contribution >= 0.6 is 23.2 Å². The fourth-order valence-corrected chi connectivity index (χ4v) is 4.01. The lowest BCUT2D eigenvalue weighted by molar-refractivity contribution is -0.120. The molecular formula is C26H21Cl2N3O3. The maximum atomic E-state index is 13.1. The molecule has 0 bridgehead atoms. The van der Waals surface area contributed by atoms with Crippen molar-refractivity contribution in [2.75, 3.05) is 15.5 Å². The molecule has 3 aromatic carbocycles. The van der Waals surface area contributed by atoms with Crippen LogP contribution in [0.2, 0.25) is 5.02 Å². The van der Waals surface area contributed by atoms with Crippen LogP contribution in [-0.4, -0.2) is 17.7 Å². The van der Waals surface area contributed by atoms with Gasteiger partial charge in [-0.1, -0.05) is 47.5 Å². The van der Waals surface area contributed by atoms with Crippen molar-refractivity contribution in [2.45, 2.75) is 20.8 Å². The zero-order valence-electron chi connectivity index (χ0n) is 18.7. The smallest absolute Gasteiger partial charge is 0.283 e. The monoisotopic (exact) mass is 493 g/mol. The van der Waals surface area contributed by atoms with E-state index in [0.717, 1.165) is 21.7 Å². The average Bonchev–Trinajstić information content (AvgIpc) is 3.02. The molecule has 0 aliphatic carbocycles. The van der Waals surface area contributed by atoms with E-state index in [1.165, 1.54) is 0 Å². The molecule has 0 aromatic heterocycles. The normalized spacial score (nSPS) is 13.5. The number of rotatable bonds is 5. The summed E-state index contributed by atoms with van der Waals surface area (Å²) in [6.45, 7) is 5.63. The Kier molecular flexibility index (Phi) is 6.46. The third-order valence-corrected chi connectivity index (χ3v) is 6.51. The average molecular weight is 494 g/mol. The Bertz CT molecular complexity index is 1380. The molecule has 0 saturated carbocycles. The number of imide groups is 1. The summed E-state index contributed by atoms with van der Waals surface area (Å²) < 4.78 is 0. The first-order valence-electron chi connectivity index (χ1n) is 10.5. The maximum absolute atomic E-state index is 13.1. The number of halogens is 2. The van der Waals surface area contributed by atoms with Crippen LogP contribution in [0.15, 0.2) is 71.4 Å². The van der Waals surface area contributed by atoms with E-state index in [9.17, 15) is 14.4 Å². The van der Waals surface area contributed by atoms with E-state index in [4.69, 9.17) is 23.2 Å². The summed E-state index contributed by atoms with van der Waals surface area (Å²) in [5.41, 5.74) is 4.46. The van der Waals surface area contributed by atoms with Crippen molar-refractivity contribution in [3.8, 4) is 0 Å². The van der Waals surface area contributed by atoms with Gasteiger partial charge in [0.25, 0.3) is 17.7 Å². The van der Waals surface area contributed by atoms with Crippen LogP contribution in [0.1, 0.15) is 27.0 Å². The fourth-order valence-electron chi connectivity index (χ4n) is 3.63. The number of hydrogen-bond acceptors (Lipinski definition) is 4. The van der Waals surface area contributed by atoms with E-state index in [1.54, 1.807) is 49.4 Å². The van der Waals surface area contributed by atoms with Crippen LogP contribution in [0.5, 0.6) is 0 Å². The van der Waals surface area contributed by atoms with Crippen LogP contribution in [0.25, 0.3) is 0 Å². The Morgan fingerprint density at radius 1 is 0.853 bits per heavy atom. The fraction of sp³-hybridized carbons (Fsp3) is 0.115. The molecule has 34 heavy (non-hydrogen) atoms. The van der Waals surface area contributed by atoms with Gasteiger partial charge in [0.05, 0.1) is 5.69 Å². The Labute approximate surface area is 207 Å². The first-order valence-corrected chi connectivity index (χ1v) is 11.2. The molecule has 0 atom stereocenters. The van der Waals surface area contributed by atoms with E-state index in [1.807, 2.05) is 32.0 Å². The molecular weight excluding hydrogens is 473 g/mol. The molecule has 4 rings (SSSR count). The van der Waals surface area contributed by atoms with Gasteiger partial charge in [-0.05, 0) is 73.9 Å². The topological polar surface area (TPSA) is 78.5 Å². The predicted molar refractivity (Wildman–Crippen MR) is 135 cm³/mol. The quantitative estimate of drug-likeness (QED) is 0.430. The molecule has 0 spiro atoms. The van der Waals surface area contributed by atoms with E-state index in [0.29, 0.717) is 27.5 Å². The third kappa shape index (κ3) is 4.30.